The van der Waals surface area contributed by atoms with Crippen LogP contribution < -0.4 is 9.47 Å². The molecule has 0 saturated heterocycles. The summed E-state index contributed by atoms with van der Waals surface area (Å²) in [6.45, 7) is 1.14. The molecule has 0 aromatic heterocycles. The molecule has 0 heterocycles. The minimum Gasteiger partial charge on any atom is -0.479 e. The molecule has 0 spiro atoms. The van der Waals surface area contributed by atoms with Gasteiger partial charge in [-0.25, -0.2) is 9.18 Å². The molecule has 6 nitrogen and oxygen atoms in total. The van der Waals surface area contributed by atoms with Crippen LogP contribution in [-0.2, 0) is 4.79 Å². The summed E-state index contributed by atoms with van der Waals surface area (Å²) in [6, 6.07) is 9.73. The molecule has 2 aromatic carbocycles. The zero-order chi connectivity index (χ0) is 16.1. The highest BCUT2D eigenvalue weighted by atomic mass is 19.1. The third-order valence-corrected chi connectivity index (χ3v) is 2.72. The van der Waals surface area contributed by atoms with Gasteiger partial charge in [-0.3, -0.25) is 10.1 Å². The van der Waals surface area contributed by atoms with Crippen LogP contribution in [0, 0.1) is 22.9 Å². The van der Waals surface area contributed by atoms with Crippen LogP contribution in [-0.4, -0.2) is 17.5 Å². The smallest absolute Gasteiger partial charge is 0.349 e. The molecule has 0 fully saturated rings. The van der Waals surface area contributed by atoms with Crippen LogP contribution in [0.2, 0.25) is 0 Å². The molecule has 0 atom stereocenters. The van der Waals surface area contributed by atoms with Crippen LogP contribution in [0.25, 0.3) is 0 Å². The summed E-state index contributed by atoms with van der Waals surface area (Å²) in [5.74, 6) is -1.75. The average Bonchev–Trinajstić information content (AvgIpc) is 2.46. The van der Waals surface area contributed by atoms with Gasteiger partial charge < -0.3 is 9.47 Å². The number of carbonyl (C=O) groups is 1. The SMILES string of the molecule is Cc1ccc([N+](=O)[O-])c(OC(=O)COc2ccccc2F)c1. The Kier molecular flexibility index (Phi) is 4.67. The number of nitro benzene ring substituents is 1. The van der Waals surface area contributed by atoms with Crippen LogP contribution in [0.15, 0.2) is 42.5 Å². The normalized spacial score (nSPS) is 10.1. The first-order chi connectivity index (χ1) is 10.5. The molecule has 2 rings (SSSR count). The highest BCUT2D eigenvalue weighted by Gasteiger charge is 2.18. The zero-order valence-corrected chi connectivity index (χ0v) is 11.6. The molecule has 0 amide bonds. The number of halogens is 1. The first kappa shape index (κ1) is 15.4. The summed E-state index contributed by atoms with van der Waals surface area (Å²) in [6.07, 6.45) is 0. The summed E-state index contributed by atoms with van der Waals surface area (Å²) < 4.78 is 23.2. The van der Waals surface area contributed by atoms with Gasteiger partial charge in [0.05, 0.1) is 4.92 Å². The maximum absolute atomic E-state index is 13.3. The Labute approximate surface area is 125 Å². The van der Waals surface area contributed by atoms with Crippen molar-refractivity contribution in [3.05, 3.63) is 64.0 Å². The lowest BCUT2D eigenvalue weighted by Crippen LogP contribution is -2.18. The van der Waals surface area contributed by atoms with Gasteiger partial charge in [-0.2, -0.15) is 0 Å². The number of ether oxygens (including phenoxy) is 2. The molecule has 2 aromatic rings. The van der Waals surface area contributed by atoms with E-state index in [2.05, 4.69) is 0 Å². The van der Waals surface area contributed by atoms with Gasteiger partial charge in [0.2, 0.25) is 5.75 Å². The van der Waals surface area contributed by atoms with E-state index in [0.29, 0.717) is 5.56 Å². The maximum atomic E-state index is 13.3. The molecule has 0 bridgehead atoms. The van der Waals surface area contributed by atoms with E-state index in [9.17, 15) is 19.3 Å². The van der Waals surface area contributed by atoms with Gasteiger partial charge >= 0.3 is 11.7 Å². The van der Waals surface area contributed by atoms with Crippen molar-refractivity contribution in [2.45, 2.75) is 6.92 Å². The predicted octanol–water partition coefficient (Wildman–Crippen LogP) is 3.03. The highest BCUT2D eigenvalue weighted by molar-refractivity contribution is 5.75. The first-order valence-corrected chi connectivity index (χ1v) is 6.30. The molecule has 7 heteroatoms. The number of hydrogen-bond acceptors (Lipinski definition) is 5. The van der Waals surface area contributed by atoms with E-state index in [1.807, 2.05) is 0 Å². The lowest BCUT2D eigenvalue weighted by Gasteiger charge is -2.08. The summed E-state index contributed by atoms with van der Waals surface area (Å²) in [7, 11) is 0. The summed E-state index contributed by atoms with van der Waals surface area (Å²) in [5, 5.41) is 10.9. The Morgan fingerprint density at radius 1 is 1.23 bits per heavy atom. The number of hydrogen-bond donors (Lipinski definition) is 0. The van der Waals surface area contributed by atoms with Gasteiger partial charge in [-0.15, -0.1) is 0 Å². The molecular weight excluding hydrogens is 293 g/mol. The van der Waals surface area contributed by atoms with Crippen molar-refractivity contribution in [3.63, 3.8) is 0 Å². The number of aryl methyl sites for hydroxylation is 1. The van der Waals surface area contributed by atoms with E-state index in [-0.39, 0.29) is 17.2 Å². The van der Waals surface area contributed by atoms with Gasteiger partial charge in [-0.1, -0.05) is 18.2 Å². The molecule has 0 aliphatic rings. The maximum Gasteiger partial charge on any atom is 0.349 e. The number of benzene rings is 2. The highest BCUT2D eigenvalue weighted by Crippen LogP contribution is 2.27. The standard InChI is InChI=1S/C15H12FNO5/c1-10-6-7-12(17(19)20)14(8-10)22-15(18)9-21-13-5-3-2-4-11(13)16/h2-8H,9H2,1H3. The van der Waals surface area contributed by atoms with Crippen molar-refractivity contribution in [1.82, 2.24) is 0 Å². The quantitative estimate of drug-likeness (QED) is 0.367. The monoisotopic (exact) mass is 305 g/mol. The minimum atomic E-state index is -0.864. The molecular formula is C15H12FNO5. The summed E-state index contributed by atoms with van der Waals surface area (Å²) >= 11 is 0. The molecule has 0 unspecified atom stereocenters. The van der Waals surface area contributed by atoms with E-state index < -0.39 is 23.3 Å². The molecule has 0 aliphatic heterocycles. The number of nitrogens with zero attached hydrogens (tertiary/aromatic N) is 1. The molecule has 0 radical (unpaired) electrons. The van der Waals surface area contributed by atoms with Crippen LogP contribution in [0.3, 0.4) is 0 Å². The second-order valence-electron chi connectivity index (χ2n) is 4.42. The molecule has 22 heavy (non-hydrogen) atoms. The second-order valence-corrected chi connectivity index (χ2v) is 4.42. The van der Waals surface area contributed by atoms with Crippen molar-refractivity contribution in [2.75, 3.05) is 6.61 Å². The van der Waals surface area contributed by atoms with Gasteiger partial charge in [0.25, 0.3) is 0 Å². The summed E-state index contributed by atoms with van der Waals surface area (Å²) in [5.41, 5.74) is 0.369. The molecule has 0 N–H and O–H groups in total. The van der Waals surface area contributed by atoms with Crippen molar-refractivity contribution < 1.29 is 23.6 Å². The van der Waals surface area contributed by atoms with Crippen LogP contribution in [0.1, 0.15) is 5.56 Å². The average molecular weight is 305 g/mol. The Hall–Kier alpha value is -2.96. The largest absolute Gasteiger partial charge is 0.479 e. The lowest BCUT2D eigenvalue weighted by molar-refractivity contribution is -0.385. The number of rotatable bonds is 5. The number of esters is 1. The van der Waals surface area contributed by atoms with E-state index >= 15 is 0 Å². The third kappa shape index (κ3) is 3.78. The lowest BCUT2D eigenvalue weighted by atomic mass is 10.2. The second kappa shape index (κ2) is 6.66. The number of para-hydroxylation sites is 1. The Bertz CT molecular complexity index is 717. The van der Waals surface area contributed by atoms with E-state index in [4.69, 9.17) is 9.47 Å². The van der Waals surface area contributed by atoms with Crippen LogP contribution in [0.5, 0.6) is 11.5 Å². The Morgan fingerprint density at radius 3 is 2.64 bits per heavy atom. The Morgan fingerprint density at radius 2 is 1.95 bits per heavy atom. The van der Waals surface area contributed by atoms with Gasteiger partial charge in [0.15, 0.2) is 18.2 Å². The molecule has 0 aliphatic carbocycles. The van der Waals surface area contributed by atoms with Gasteiger partial charge in [-0.05, 0) is 30.7 Å². The van der Waals surface area contributed by atoms with Crippen molar-refractivity contribution in [3.8, 4) is 11.5 Å². The fourth-order valence-corrected chi connectivity index (χ4v) is 1.70. The predicted molar refractivity (Wildman–Crippen MR) is 75.4 cm³/mol. The van der Waals surface area contributed by atoms with Gasteiger partial charge in [0.1, 0.15) is 0 Å². The first-order valence-electron chi connectivity index (χ1n) is 6.30. The number of nitro groups is 1. The minimum absolute atomic E-state index is 0.0989. The number of carbonyl (C=O) groups excluding carboxylic acids is 1. The van der Waals surface area contributed by atoms with E-state index in [1.165, 1.54) is 36.4 Å². The van der Waals surface area contributed by atoms with Crippen molar-refractivity contribution in [2.24, 2.45) is 0 Å². The molecule has 114 valence electrons. The Balaban J connectivity index is 2.05. The fraction of sp³-hybridized carbons (Fsp3) is 0.133. The fourth-order valence-electron chi connectivity index (χ4n) is 1.70. The zero-order valence-electron chi connectivity index (χ0n) is 11.6. The van der Waals surface area contributed by atoms with E-state index in [0.717, 1.165) is 0 Å². The van der Waals surface area contributed by atoms with Gasteiger partial charge in [0, 0.05) is 6.07 Å². The summed E-state index contributed by atoms with van der Waals surface area (Å²) in [4.78, 5) is 21.9. The van der Waals surface area contributed by atoms with Crippen LogP contribution >= 0.6 is 0 Å². The molecule has 0 saturated carbocycles. The van der Waals surface area contributed by atoms with Crippen molar-refractivity contribution in [1.29, 1.82) is 0 Å². The van der Waals surface area contributed by atoms with Crippen LogP contribution in [0.4, 0.5) is 10.1 Å². The topological polar surface area (TPSA) is 78.7 Å². The van der Waals surface area contributed by atoms with Crippen molar-refractivity contribution >= 4 is 11.7 Å². The third-order valence-electron chi connectivity index (χ3n) is 2.72. The van der Waals surface area contributed by atoms with E-state index in [1.54, 1.807) is 13.0 Å².